The molecule has 24 heavy (non-hydrogen) atoms. The molecule has 0 bridgehead atoms. The number of allylic oxidation sites excluding steroid dienone is 3. The quantitative estimate of drug-likeness (QED) is 0.508. The zero-order valence-corrected chi connectivity index (χ0v) is 13.4. The molecule has 1 aromatic rings. The van der Waals surface area contributed by atoms with Gasteiger partial charge in [0.1, 0.15) is 24.7 Å². The Bertz CT molecular complexity index is 778. The number of hydrogen-bond donors (Lipinski definition) is 3. The Kier molecular flexibility index (Phi) is 4.43. The topological polar surface area (TPSA) is 124 Å². The van der Waals surface area contributed by atoms with Gasteiger partial charge in [0.2, 0.25) is 5.71 Å². The Morgan fingerprint density at radius 2 is 2.17 bits per heavy atom. The third-order valence-corrected chi connectivity index (χ3v) is 3.82. The predicted molar refractivity (Wildman–Crippen MR) is 90.5 cm³/mol. The molecule has 1 aliphatic heterocycles. The van der Waals surface area contributed by atoms with Gasteiger partial charge in [0, 0.05) is 19.2 Å². The number of primary amides is 1. The van der Waals surface area contributed by atoms with Crippen LogP contribution in [-0.4, -0.2) is 58.1 Å². The average Bonchev–Trinajstić information content (AvgIpc) is 2.89. The predicted octanol–water partition coefficient (Wildman–Crippen LogP) is -0.319. The molecule has 5 N–H and O–H groups in total. The van der Waals surface area contributed by atoms with Gasteiger partial charge in [-0.2, -0.15) is 5.10 Å². The molecule has 0 radical (unpaired) electrons. The molecule has 1 fully saturated rings. The fourth-order valence-electron chi connectivity index (χ4n) is 2.52. The van der Waals surface area contributed by atoms with Crippen molar-refractivity contribution >= 4 is 29.0 Å². The summed E-state index contributed by atoms with van der Waals surface area (Å²) in [5.74, 6) is 0.442. The molecule has 0 unspecified atom stereocenters. The second-order valence-electron chi connectivity index (χ2n) is 5.44. The number of carbonyl (C=O) groups is 1. The van der Waals surface area contributed by atoms with Crippen LogP contribution in [0.15, 0.2) is 35.1 Å². The molecule has 126 valence electrons. The number of morpholine rings is 1. The molecule has 0 spiro atoms. The first-order chi connectivity index (χ1) is 11.5. The number of aryl methyl sites for hydroxylation is 1. The molecule has 2 amide bonds. The number of aliphatic imine (C=N–C) groups is 1. The molecule has 1 aliphatic carbocycles. The number of rotatable bonds is 2. The Balaban J connectivity index is 1.97. The van der Waals surface area contributed by atoms with E-state index in [9.17, 15) is 4.79 Å². The Labute approximate surface area is 139 Å². The van der Waals surface area contributed by atoms with Crippen molar-refractivity contribution < 1.29 is 14.1 Å². The van der Waals surface area contributed by atoms with E-state index in [1.807, 2.05) is 18.2 Å². The van der Waals surface area contributed by atoms with E-state index < -0.39 is 6.03 Å². The van der Waals surface area contributed by atoms with Gasteiger partial charge in [0.05, 0.1) is 17.6 Å². The second kappa shape index (κ2) is 6.67. The highest BCUT2D eigenvalue weighted by Crippen LogP contribution is 2.22. The number of aromatic nitrogens is 2. The molecule has 2 heterocycles. The molecular formula is C15H20N7O2+. The van der Waals surface area contributed by atoms with Gasteiger partial charge < -0.3 is 21.5 Å². The fraction of sp³-hybridized carbons (Fsp3) is 0.333. The smallest absolute Gasteiger partial charge is 0.316 e. The van der Waals surface area contributed by atoms with E-state index in [-0.39, 0.29) is 0 Å². The molecule has 1 saturated heterocycles. The van der Waals surface area contributed by atoms with Crippen LogP contribution in [0.25, 0.3) is 0 Å². The monoisotopic (exact) mass is 330 g/mol. The number of nitrogens with zero attached hydrogens (tertiary/aromatic N) is 4. The number of nitrogens with one attached hydrogen (secondary N) is 1. The van der Waals surface area contributed by atoms with Crippen molar-refractivity contribution in [2.75, 3.05) is 32.0 Å². The minimum atomic E-state index is -0.648. The maximum atomic E-state index is 11.3. The highest BCUT2D eigenvalue weighted by molar-refractivity contribution is 6.21. The number of urea groups is 1. The van der Waals surface area contributed by atoms with E-state index in [0.29, 0.717) is 36.1 Å². The lowest BCUT2D eigenvalue weighted by atomic mass is 10.1. The highest BCUT2D eigenvalue weighted by Gasteiger charge is 2.21. The maximum Gasteiger partial charge on any atom is 0.316 e. The van der Waals surface area contributed by atoms with E-state index in [0.717, 1.165) is 18.8 Å². The first-order valence-electron chi connectivity index (χ1n) is 7.57. The number of nitrogen functional groups attached to an aromatic ring is 1. The zero-order chi connectivity index (χ0) is 17.1. The summed E-state index contributed by atoms with van der Waals surface area (Å²) in [5, 5.41) is 6.68. The largest absolute Gasteiger partial charge is 0.382 e. The van der Waals surface area contributed by atoms with Crippen LogP contribution in [0.2, 0.25) is 0 Å². The van der Waals surface area contributed by atoms with Crippen LogP contribution in [0.1, 0.15) is 0 Å². The number of anilines is 1. The lowest BCUT2D eigenvalue weighted by molar-refractivity contribution is -0.547. The van der Waals surface area contributed by atoms with Crippen LogP contribution < -0.4 is 16.8 Å². The summed E-state index contributed by atoms with van der Waals surface area (Å²) < 4.78 is 9.07. The van der Waals surface area contributed by atoms with E-state index in [4.69, 9.17) is 16.2 Å². The summed E-state index contributed by atoms with van der Waals surface area (Å²) in [5.41, 5.74) is 13.8. The van der Waals surface area contributed by atoms with Crippen LogP contribution in [0, 0.1) is 0 Å². The van der Waals surface area contributed by atoms with Crippen molar-refractivity contribution in [3.05, 3.63) is 30.1 Å². The molecule has 9 heteroatoms. The van der Waals surface area contributed by atoms with Crippen LogP contribution in [0.5, 0.6) is 0 Å². The van der Waals surface area contributed by atoms with Gasteiger partial charge in [0.25, 0.3) is 0 Å². The summed E-state index contributed by atoms with van der Waals surface area (Å²) in [6, 6.07) is -0.648. The Morgan fingerprint density at radius 1 is 1.42 bits per heavy atom. The standard InChI is InChI=1S/C15H19N7O2/c1-21-14(16)13(9-18-21)19-11-3-2-10(8-12(11)20-15(17)23)22-4-6-24-7-5-22/h2-3,8-9H,4-7H2,1H3,(H4,16,17,18,20,23)/p+1. The SMILES string of the molecule is Cn1ncc(/N=C2/C=CC(=[N+]3CCOCC3)C=C2NC(N)=O)c1N. The van der Waals surface area contributed by atoms with Gasteiger partial charge in [-0.1, -0.05) is 0 Å². The fourth-order valence-corrected chi connectivity index (χ4v) is 2.52. The number of carbonyl (C=O) groups excluding carboxylic acids is 1. The summed E-state index contributed by atoms with van der Waals surface area (Å²) in [6.45, 7) is 2.94. The third kappa shape index (κ3) is 3.35. The van der Waals surface area contributed by atoms with Gasteiger partial charge in [-0.25, -0.2) is 14.4 Å². The third-order valence-electron chi connectivity index (χ3n) is 3.82. The first-order valence-corrected chi connectivity index (χ1v) is 7.57. The molecular weight excluding hydrogens is 310 g/mol. The normalized spacial score (nSPS) is 19.5. The average molecular weight is 330 g/mol. The van der Waals surface area contributed by atoms with E-state index in [1.165, 1.54) is 4.68 Å². The van der Waals surface area contributed by atoms with Crippen LogP contribution >= 0.6 is 0 Å². The molecule has 0 atom stereocenters. The minimum Gasteiger partial charge on any atom is -0.382 e. The van der Waals surface area contributed by atoms with Crippen molar-refractivity contribution in [2.45, 2.75) is 0 Å². The van der Waals surface area contributed by atoms with Gasteiger partial charge in [0.15, 0.2) is 13.1 Å². The number of ether oxygens (including phenoxy) is 1. The molecule has 2 aliphatic rings. The zero-order valence-electron chi connectivity index (χ0n) is 13.4. The molecule has 9 nitrogen and oxygen atoms in total. The summed E-state index contributed by atoms with van der Waals surface area (Å²) in [7, 11) is 1.73. The van der Waals surface area contributed by atoms with E-state index >= 15 is 0 Å². The maximum absolute atomic E-state index is 11.3. The number of amides is 2. The van der Waals surface area contributed by atoms with E-state index in [1.54, 1.807) is 13.2 Å². The van der Waals surface area contributed by atoms with Gasteiger partial charge in [-0.15, -0.1) is 0 Å². The molecule has 0 aromatic carbocycles. The summed E-state index contributed by atoms with van der Waals surface area (Å²) >= 11 is 0. The van der Waals surface area contributed by atoms with Crippen LogP contribution in [0.4, 0.5) is 16.3 Å². The Hall–Kier alpha value is -2.94. The van der Waals surface area contributed by atoms with Crippen LogP contribution in [-0.2, 0) is 11.8 Å². The van der Waals surface area contributed by atoms with Crippen molar-refractivity contribution in [3.63, 3.8) is 0 Å². The number of hydrogen-bond acceptors (Lipinski definition) is 5. The van der Waals surface area contributed by atoms with Gasteiger partial charge in [-0.05, 0) is 6.08 Å². The van der Waals surface area contributed by atoms with Crippen molar-refractivity contribution in [3.8, 4) is 0 Å². The second-order valence-corrected chi connectivity index (χ2v) is 5.44. The van der Waals surface area contributed by atoms with Crippen molar-refractivity contribution in [1.29, 1.82) is 0 Å². The van der Waals surface area contributed by atoms with Crippen molar-refractivity contribution in [1.82, 2.24) is 15.1 Å². The highest BCUT2D eigenvalue weighted by atomic mass is 16.5. The van der Waals surface area contributed by atoms with Gasteiger partial charge >= 0.3 is 6.03 Å². The molecule has 3 rings (SSSR count). The van der Waals surface area contributed by atoms with Crippen molar-refractivity contribution in [2.24, 2.45) is 17.8 Å². The summed E-state index contributed by atoms with van der Waals surface area (Å²) in [4.78, 5) is 15.8. The lowest BCUT2D eigenvalue weighted by Gasteiger charge is -2.16. The summed E-state index contributed by atoms with van der Waals surface area (Å²) in [6.07, 6.45) is 7.19. The van der Waals surface area contributed by atoms with Gasteiger partial charge in [-0.3, -0.25) is 4.68 Å². The Morgan fingerprint density at radius 3 is 2.79 bits per heavy atom. The van der Waals surface area contributed by atoms with Crippen LogP contribution in [0.3, 0.4) is 0 Å². The molecule has 0 saturated carbocycles. The first kappa shape index (κ1) is 15.9. The van der Waals surface area contributed by atoms with E-state index in [2.05, 4.69) is 20.0 Å². The lowest BCUT2D eigenvalue weighted by Crippen LogP contribution is -2.36. The molecule has 1 aromatic heterocycles. The number of nitrogens with two attached hydrogens (primary N) is 2. The minimum absolute atomic E-state index is 0.442.